The fraction of sp³-hybridized carbons (Fsp3) is 0.632. The lowest BCUT2D eigenvalue weighted by molar-refractivity contribution is -0.134. The quantitative estimate of drug-likeness (QED) is 0.818. The largest absolute Gasteiger partial charge is 0.347 e. The summed E-state index contributed by atoms with van der Waals surface area (Å²) in [5.74, 6) is 0.466. The fourth-order valence-electron chi connectivity index (χ4n) is 2.99. The van der Waals surface area contributed by atoms with Crippen LogP contribution in [-0.4, -0.2) is 59.3 Å². The van der Waals surface area contributed by atoms with E-state index in [1.54, 1.807) is 6.20 Å². The highest BCUT2D eigenvalue weighted by atomic mass is 16.2. The zero-order valence-corrected chi connectivity index (χ0v) is 15.6. The van der Waals surface area contributed by atoms with Gasteiger partial charge >= 0.3 is 0 Å². The van der Waals surface area contributed by atoms with Crippen molar-refractivity contribution in [2.75, 3.05) is 32.7 Å². The number of nitrogens with zero attached hydrogens (tertiary/aromatic N) is 3. The van der Waals surface area contributed by atoms with Crippen LogP contribution in [0.2, 0.25) is 0 Å². The lowest BCUT2D eigenvalue weighted by Gasteiger charge is -2.38. The van der Waals surface area contributed by atoms with Gasteiger partial charge in [-0.3, -0.25) is 19.5 Å². The molecule has 1 aromatic heterocycles. The van der Waals surface area contributed by atoms with Gasteiger partial charge in [-0.15, -0.1) is 0 Å². The highest BCUT2D eigenvalue weighted by Crippen LogP contribution is 2.20. The van der Waals surface area contributed by atoms with E-state index in [1.807, 2.05) is 17.2 Å². The minimum atomic E-state index is -0.0362. The molecule has 0 bridgehead atoms. The van der Waals surface area contributed by atoms with Gasteiger partial charge in [0.2, 0.25) is 11.8 Å². The third kappa shape index (κ3) is 6.12. The molecule has 25 heavy (non-hydrogen) atoms. The molecule has 1 N–H and O–H groups in total. The number of pyridine rings is 1. The van der Waals surface area contributed by atoms with Gasteiger partial charge in [-0.25, -0.2) is 0 Å². The lowest BCUT2D eigenvalue weighted by atomic mass is 10.1. The summed E-state index contributed by atoms with van der Waals surface area (Å²) in [4.78, 5) is 32.4. The topological polar surface area (TPSA) is 65.5 Å². The van der Waals surface area contributed by atoms with E-state index in [1.165, 1.54) is 5.56 Å². The Morgan fingerprint density at radius 2 is 1.92 bits per heavy atom. The molecule has 0 saturated carbocycles. The molecule has 0 unspecified atom stereocenters. The van der Waals surface area contributed by atoms with Gasteiger partial charge < -0.3 is 10.2 Å². The zero-order valence-electron chi connectivity index (χ0n) is 15.6. The Bertz CT molecular complexity index is 554. The van der Waals surface area contributed by atoms with E-state index in [-0.39, 0.29) is 18.4 Å². The number of carbonyl (C=O) groups is 2. The van der Waals surface area contributed by atoms with Crippen molar-refractivity contribution in [2.24, 2.45) is 5.92 Å². The number of carbonyl (C=O) groups excluding carboxylic acids is 2. The number of hydrogen-bond donors (Lipinski definition) is 1. The molecule has 0 aliphatic carbocycles. The van der Waals surface area contributed by atoms with Crippen LogP contribution in [0.15, 0.2) is 24.5 Å². The Labute approximate surface area is 150 Å². The minimum absolute atomic E-state index is 0.00609. The fourth-order valence-corrected chi connectivity index (χ4v) is 2.99. The normalized spacial score (nSPS) is 16.7. The number of nitrogens with one attached hydrogen (secondary N) is 1. The second kappa shape index (κ2) is 9.51. The molecule has 1 aliphatic heterocycles. The van der Waals surface area contributed by atoms with Crippen LogP contribution in [0, 0.1) is 5.92 Å². The number of piperazine rings is 1. The summed E-state index contributed by atoms with van der Waals surface area (Å²) in [6, 6.07) is 4.33. The number of hydrogen-bond acceptors (Lipinski definition) is 4. The summed E-state index contributed by atoms with van der Waals surface area (Å²) in [7, 11) is 0. The van der Waals surface area contributed by atoms with E-state index in [0.29, 0.717) is 31.5 Å². The van der Waals surface area contributed by atoms with Crippen LogP contribution in [-0.2, 0) is 9.59 Å². The van der Waals surface area contributed by atoms with E-state index in [4.69, 9.17) is 0 Å². The first-order valence-corrected chi connectivity index (χ1v) is 9.16. The van der Waals surface area contributed by atoms with Crippen LogP contribution in [0.4, 0.5) is 0 Å². The van der Waals surface area contributed by atoms with Crippen molar-refractivity contribution in [3.8, 4) is 0 Å². The molecule has 1 fully saturated rings. The minimum Gasteiger partial charge on any atom is -0.347 e. The molecule has 6 nitrogen and oxygen atoms in total. The SMILES string of the molecule is CC(C)CCC(=O)NCC(=O)N1CCN([C@H](C)c2cccnc2)CC1. The number of rotatable bonds is 7. The Hall–Kier alpha value is -1.95. The average Bonchev–Trinajstić information content (AvgIpc) is 2.64. The monoisotopic (exact) mass is 346 g/mol. The molecule has 1 aliphatic rings. The second-order valence-corrected chi connectivity index (χ2v) is 7.09. The van der Waals surface area contributed by atoms with Gasteiger partial charge in [0.1, 0.15) is 0 Å². The van der Waals surface area contributed by atoms with Crippen molar-refractivity contribution >= 4 is 11.8 Å². The van der Waals surface area contributed by atoms with Crippen LogP contribution < -0.4 is 5.32 Å². The van der Waals surface area contributed by atoms with Gasteiger partial charge in [0.25, 0.3) is 0 Å². The molecular weight excluding hydrogens is 316 g/mol. The highest BCUT2D eigenvalue weighted by molar-refractivity contribution is 5.84. The Morgan fingerprint density at radius 1 is 1.20 bits per heavy atom. The molecule has 2 rings (SSSR count). The van der Waals surface area contributed by atoms with Gasteiger partial charge in [0.05, 0.1) is 6.54 Å². The van der Waals surface area contributed by atoms with Crippen LogP contribution in [0.1, 0.15) is 45.2 Å². The van der Waals surface area contributed by atoms with E-state index in [0.717, 1.165) is 19.5 Å². The van der Waals surface area contributed by atoms with Crippen molar-refractivity contribution in [1.82, 2.24) is 20.1 Å². The third-order valence-electron chi connectivity index (χ3n) is 4.77. The molecule has 138 valence electrons. The van der Waals surface area contributed by atoms with Crippen LogP contribution >= 0.6 is 0 Å². The predicted octanol–water partition coefficient (Wildman–Crippen LogP) is 1.84. The molecular formula is C19H30N4O2. The van der Waals surface area contributed by atoms with E-state index < -0.39 is 0 Å². The Balaban J connectivity index is 1.72. The first-order valence-electron chi connectivity index (χ1n) is 9.16. The maximum atomic E-state index is 12.3. The van der Waals surface area contributed by atoms with Crippen molar-refractivity contribution in [2.45, 2.75) is 39.7 Å². The van der Waals surface area contributed by atoms with Crippen LogP contribution in [0.5, 0.6) is 0 Å². The Morgan fingerprint density at radius 3 is 2.52 bits per heavy atom. The number of aromatic nitrogens is 1. The summed E-state index contributed by atoms with van der Waals surface area (Å²) in [5.41, 5.74) is 1.19. The third-order valence-corrected chi connectivity index (χ3v) is 4.77. The lowest BCUT2D eigenvalue weighted by Crippen LogP contribution is -2.51. The molecule has 0 radical (unpaired) electrons. The van der Waals surface area contributed by atoms with Crippen molar-refractivity contribution in [3.05, 3.63) is 30.1 Å². The Kier molecular flexibility index (Phi) is 7.37. The van der Waals surface area contributed by atoms with Gasteiger partial charge in [-0.1, -0.05) is 19.9 Å². The average molecular weight is 346 g/mol. The second-order valence-electron chi connectivity index (χ2n) is 7.09. The van der Waals surface area contributed by atoms with Gasteiger partial charge in [0, 0.05) is 51.0 Å². The summed E-state index contributed by atoms with van der Waals surface area (Å²) in [5, 5.41) is 2.74. The molecule has 2 amide bonds. The number of amides is 2. The van der Waals surface area contributed by atoms with E-state index in [2.05, 4.69) is 42.0 Å². The summed E-state index contributed by atoms with van der Waals surface area (Å²) >= 11 is 0. The standard InChI is InChI=1S/C19H30N4O2/c1-15(2)6-7-18(24)21-14-19(25)23-11-9-22(10-12-23)16(3)17-5-4-8-20-13-17/h4-5,8,13,15-16H,6-7,9-12,14H2,1-3H3,(H,21,24)/t16-/m1/s1. The van der Waals surface area contributed by atoms with Crippen molar-refractivity contribution in [1.29, 1.82) is 0 Å². The smallest absolute Gasteiger partial charge is 0.242 e. The molecule has 1 saturated heterocycles. The van der Waals surface area contributed by atoms with Crippen molar-refractivity contribution < 1.29 is 9.59 Å². The maximum absolute atomic E-state index is 12.3. The van der Waals surface area contributed by atoms with Crippen molar-refractivity contribution in [3.63, 3.8) is 0 Å². The maximum Gasteiger partial charge on any atom is 0.242 e. The van der Waals surface area contributed by atoms with E-state index >= 15 is 0 Å². The summed E-state index contributed by atoms with van der Waals surface area (Å²) in [6.07, 6.45) is 5.02. The summed E-state index contributed by atoms with van der Waals surface area (Å²) in [6.45, 7) is 9.52. The molecule has 6 heteroatoms. The summed E-state index contributed by atoms with van der Waals surface area (Å²) < 4.78 is 0. The highest BCUT2D eigenvalue weighted by Gasteiger charge is 2.24. The van der Waals surface area contributed by atoms with E-state index in [9.17, 15) is 9.59 Å². The predicted molar refractivity (Wildman–Crippen MR) is 97.9 cm³/mol. The molecule has 1 atom stereocenters. The van der Waals surface area contributed by atoms with Crippen LogP contribution in [0.3, 0.4) is 0 Å². The zero-order chi connectivity index (χ0) is 18.2. The first-order chi connectivity index (χ1) is 12.0. The molecule has 2 heterocycles. The van der Waals surface area contributed by atoms with Crippen LogP contribution in [0.25, 0.3) is 0 Å². The molecule has 0 spiro atoms. The molecule has 1 aromatic rings. The van der Waals surface area contributed by atoms with Gasteiger partial charge in [0.15, 0.2) is 0 Å². The van der Waals surface area contributed by atoms with Gasteiger partial charge in [-0.2, -0.15) is 0 Å². The molecule has 0 aromatic carbocycles. The van der Waals surface area contributed by atoms with Gasteiger partial charge in [-0.05, 0) is 30.9 Å². The first kappa shape index (κ1) is 19.4.